The number of hydrogen-bond donors (Lipinski definition) is 6. The fourth-order valence-electron chi connectivity index (χ4n) is 4.28. The maximum Gasteiger partial charge on any atom is 0.269 e. The fraction of sp³-hybridized carbons (Fsp3) is 0. The van der Waals surface area contributed by atoms with Gasteiger partial charge < -0.3 is 10.6 Å². The summed E-state index contributed by atoms with van der Waals surface area (Å²) in [5.41, 5.74) is 12.0. The molecule has 0 fully saturated rings. The van der Waals surface area contributed by atoms with E-state index in [1.165, 1.54) is 48.5 Å². The van der Waals surface area contributed by atoms with Gasteiger partial charge in [0, 0.05) is 44.8 Å². The lowest BCUT2D eigenvalue weighted by Gasteiger charge is -2.10. The molecule has 0 saturated heterocycles. The van der Waals surface area contributed by atoms with E-state index in [4.69, 9.17) is 0 Å². The highest BCUT2D eigenvalue weighted by Crippen LogP contribution is 2.13. The van der Waals surface area contributed by atoms with E-state index in [1.807, 2.05) is 12.1 Å². The number of amides is 6. The van der Waals surface area contributed by atoms with Crippen molar-refractivity contribution in [1.29, 1.82) is 0 Å². The van der Waals surface area contributed by atoms with Gasteiger partial charge in [0.25, 0.3) is 35.4 Å². The smallest absolute Gasteiger partial charge is 0.269 e. The average Bonchev–Trinajstić information content (AvgIpc) is 3.14. The zero-order chi connectivity index (χ0) is 33.9. The maximum atomic E-state index is 12.5. The van der Waals surface area contributed by atoms with Gasteiger partial charge in [-0.1, -0.05) is 36.4 Å². The first-order chi connectivity index (χ1) is 23.3. The second-order valence-electron chi connectivity index (χ2n) is 10.2. The minimum Gasteiger partial charge on any atom is -0.322 e. The van der Waals surface area contributed by atoms with E-state index in [0.29, 0.717) is 22.5 Å². The topological polar surface area (TPSA) is 175 Å². The molecule has 238 valence electrons. The monoisotopic (exact) mass is 640 g/mol. The van der Waals surface area contributed by atoms with E-state index in [-0.39, 0.29) is 34.1 Å². The van der Waals surface area contributed by atoms with Crippen molar-refractivity contribution in [2.75, 3.05) is 10.6 Å². The average molecular weight is 641 g/mol. The summed E-state index contributed by atoms with van der Waals surface area (Å²) >= 11 is 0. The van der Waals surface area contributed by atoms with Gasteiger partial charge in [0.2, 0.25) is 0 Å². The number of carbonyl (C=O) groups is 6. The van der Waals surface area contributed by atoms with Crippen molar-refractivity contribution in [2.45, 2.75) is 0 Å². The van der Waals surface area contributed by atoms with Gasteiger partial charge in [0.05, 0.1) is 0 Å². The van der Waals surface area contributed by atoms with Crippen molar-refractivity contribution < 1.29 is 28.8 Å². The minimum atomic E-state index is -0.626. The van der Waals surface area contributed by atoms with Gasteiger partial charge >= 0.3 is 0 Å². The van der Waals surface area contributed by atoms with Crippen LogP contribution in [0.2, 0.25) is 0 Å². The first-order valence-electron chi connectivity index (χ1n) is 14.5. The number of anilines is 2. The highest BCUT2D eigenvalue weighted by Gasteiger charge is 2.14. The molecule has 0 unspecified atom stereocenters. The van der Waals surface area contributed by atoms with Gasteiger partial charge in [-0.2, -0.15) is 0 Å². The lowest BCUT2D eigenvalue weighted by Crippen LogP contribution is -2.42. The Bertz CT molecular complexity index is 1800. The van der Waals surface area contributed by atoms with E-state index < -0.39 is 23.6 Å². The van der Waals surface area contributed by atoms with Gasteiger partial charge in [-0.25, -0.2) is 0 Å². The van der Waals surface area contributed by atoms with Crippen LogP contribution < -0.4 is 32.3 Å². The molecule has 5 rings (SSSR count). The van der Waals surface area contributed by atoms with Crippen LogP contribution in [0.25, 0.3) is 0 Å². The molecule has 6 N–H and O–H groups in total. The standard InChI is InChI=1S/C36H28N6O6/c43-31(23-7-3-1-4-8-23)37-29-19-15-27(16-20-29)35(47)41-39-33(45)25-11-13-26(14-12-25)34(46)40-42-36(48)28-17-21-30(22-18-28)38-32(44)24-9-5-2-6-10-24/h1-22H,(H,37,43)(H,38,44)(H,39,45)(H,40,46)(H,41,47)(H,42,48). The molecule has 0 bridgehead atoms. The van der Waals surface area contributed by atoms with Crippen molar-refractivity contribution in [3.05, 3.63) is 167 Å². The first-order valence-corrected chi connectivity index (χ1v) is 14.5. The van der Waals surface area contributed by atoms with E-state index in [2.05, 4.69) is 32.3 Å². The van der Waals surface area contributed by atoms with Gasteiger partial charge in [-0.3, -0.25) is 50.5 Å². The normalized spacial score (nSPS) is 10.2. The lowest BCUT2D eigenvalue weighted by molar-refractivity contribution is 0.0844. The highest BCUT2D eigenvalue weighted by molar-refractivity contribution is 6.06. The Labute approximate surface area is 274 Å². The predicted molar refractivity (Wildman–Crippen MR) is 178 cm³/mol. The van der Waals surface area contributed by atoms with Crippen LogP contribution in [0.5, 0.6) is 0 Å². The number of carbonyl (C=O) groups excluding carboxylic acids is 6. The molecule has 0 aliphatic carbocycles. The third kappa shape index (κ3) is 8.55. The SMILES string of the molecule is O=C(NNC(=O)c1ccc(C(=O)NNC(=O)c2ccc(NC(=O)c3ccccc3)cc2)cc1)c1ccc(NC(=O)c2ccccc2)cc1. The van der Waals surface area contributed by atoms with Crippen LogP contribution >= 0.6 is 0 Å². The molecular formula is C36H28N6O6. The predicted octanol–water partition coefficient (Wildman–Crippen LogP) is 4.34. The van der Waals surface area contributed by atoms with Gasteiger partial charge in [0.15, 0.2) is 0 Å². The Kier molecular flexibility index (Phi) is 10.3. The molecule has 0 atom stereocenters. The van der Waals surface area contributed by atoms with Crippen LogP contribution in [0.4, 0.5) is 11.4 Å². The summed E-state index contributed by atoms with van der Waals surface area (Å²) in [5.74, 6) is -2.99. The molecule has 0 aliphatic rings. The zero-order valence-electron chi connectivity index (χ0n) is 25.2. The third-order valence-electron chi connectivity index (χ3n) is 6.87. The van der Waals surface area contributed by atoms with Gasteiger partial charge in [-0.05, 0) is 97.1 Å². The van der Waals surface area contributed by atoms with Crippen molar-refractivity contribution in [3.8, 4) is 0 Å². The molecule has 0 saturated carbocycles. The highest BCUT2D eigenvalue weighted by atomic mass is 16.2. The van der Waals surface area contributed by atoms with E-state index in [1.54, 1.807) is 72.8 Å². The lowest BCUT2D eigenvalue weighted by atomic mass is 10.1. The van der Waals surface area contributed by atoms with Crippen LogP contribution in [0, 0.1) is 0 Å². The number of benzene rings is 5. The minimum absolute atomic E-state index is 0.161. The molecule has 12 nitrogen and oxygen atoms in total. The Hall–Kier alpha value is -7.08. The van der Waals surface area contributed by atoms with E-state index >= 15 is 0 Å². The molecule has 48 heavy (non-hydrogen) atoms. The molecule has 5 aromatic rings. The molecule has 5 aromatic carbocycles. The second kappa shape index (κ2) is 15.3. The Morgan fingerprint density at radius 3 is 0.771 bits per heavy atom. The van der Waals surface area contributed by atoms with Crippen LogP contribution in [0.3, 0.4) is 0 Å². The molecule has 0 radical (unpaired) electrons. The molecule has 0 spiro atoms. The second-order valence-corrected chi connectivity index (χ2v) is 10.2. The van der Waals surface area contributed by atoms with Crippen molar-refractivity contribution in [2.24, 2.45) is 0 Å². The molecular weight excluding hydrogens is 612 g/mol. The largest absolute Gasteiger partial charge is 0.322 e. The summed E-state index contributed by atoms with van der Waals surface area (Å²) < 4.78 is 0. The van der Waals surface area contributed by atoms with Crippen LogP contribution in [-0.2, 0) is 0 Å². The van der Waals surface area contributed by atoms with Gasteiger partial charge in [0.1, 0.15) is 0 Å². The van der Waals surface area contributed by atoms with Crippen LogP contribution in [-0.4, -0.2) is 35.4 Å². The Morgan fingerprint density at radius 1 is 0.271 bits per heavy atom. The molecule has 0 heterocycles. The Morgan fingerprint density at radius 2 is 0.500 bits per heavy atom. The molecule has 6 amide bonds. The molecule has 12 heteroatoms. The maximum absolute atomic E-state index is 12.5. The van der Waals surface area contributed by atoms with Gasteiger partial charge in [-0.15, -0.1) is 0 Å². The third-order valence-corrected chi connectivity index (χ3v) is 6.87. The summed E-state index contributed by atoms with van der Waals surface area (Å²) in [7, 11) is 0. The fourth-order valence-corrected chi connectivity index (χ4v) is 4.28. The summed E-state index contributed by atoms with van der Waals surface area (Å²) in [6.45, 7) is 0. The first kappa shape index (κ1) is 32.3. The van der Waals surface area contributed by atoms with E-state index in [9.17, 15) is 28.8 Å². The number of hydrazine groups is 2. The molecule has 0 aromatic heterocycles. The summed E-state index contributed by atoms with van der Waals surface area (Å²) in [4.78, 5) is 74.7. The van der Waals surface area contributed by atoms with Crippen molar-refractivity contribution in [1.82, 2.24) is 21.7 Å². The number of rotatable bonds is 8. The Balaban J connectivity index is 1.05. The summed E-state index contributed by atoms with van der Waals surface area (Å²) in [5, 5.41) is 5.48. The summed E-state index contributed by atoms with van der Waals surface area (Å²) in [6.07, 6.45) is 0. The van der Waals surface area contributed by atoms with Crippen molar-refractivity contribution >= 4 is 46.8 Å². The summed E-state index contributed by atoms with van der Waals surface area (Å²) in [6, 6.07) is 35.1. The van der Waals surface area contributed by atoms with Crippen LogP contribution in [0.1, 0.15) is 62.1 Å². The number of hydrogen-bond acceptors (Lipinski definition) is 6. The van der Waals surface area contributed by atoms with Crippen molar-refractivity contribution in [3.63, 3.8) is 0 Å². The van der Waals surface area contributed by atoms with Crippen LogP contribution in [0.15, 0.2) is 133 Å². The molecule has 0 aliphatic heterocycles. The number of nitrogens with one attached hydrogen (secondary N) is 6. The quantitative estimate of drug-likeness (QED) is 0.138. The zero-order valence-corrected chi connectivity index (χ0v) is 25.2. The van der Waals surface area contributed by atoms with E-state index in [0.717, 1.165) is 0 Å².